The van der Waals surface area contributed by atoms with Gasteiger partial charge in [-0.3, -0.25) is 9.69 Å². The summed E-state index contributed by atoms with van der Waals surface area (Å²) in [6.45, 7) is 3.96. The molecule has 6 nitrogen and oxygen atoms in total. The second kappa shape index (κ2) is 7.58. The Hall–Kier alpha value is -2.86. The molecule has 1 heterocycles. The number of aliphatic hydroxyl groups is 1. The zero-order valence-corrected chi connectivity index (χ0v) is 14.8. The van der Waals surface area contributed by atoms with E-state index in [9.17, 15) is 14.7 Å². The third kappa shape index (κ3) is 3.86. The lowest BCUT2D eigenvalue weighted by Crippen LogP contribution is -2.44. The monoisotopic (exact) mass is 354 g/mol. The molecular weight excluding hydrogens is 332 g/mol. The first kappa shape index (κ1) is 17.9. The number of β-amino-alcohol motifs (C(OH)–C–C–N with tert-alkyl or cyclic N) is 1. The minimum Gasteiger partial charge on any atom is -0.410 e. The van der Waals surface area contributed by atoms with Gasteiger partial charge in [0.2, 0.25) is 5.91 Å². The molecule has 1 aliphatic rings. The SMILES string of the molecule is Cc1cccc(NC(=O)C2CC(O)CN2C(=O)Oc2ccccc2)c1C. The summed E-state index contributed by atoms with van der Waals surface area (Å²) in [6, 6.07) is 13.5. The lowest BCUT2D eigenvalue weighted by molar-refractivity contribution is -0.119. The van der Waals surface area contributed by atoms with Crippen LogP contribution in [0.2, 0.25) is 0 Å². The Bertz CT molecular complexity index is 807. The number of carbonyl (C=O) groups is 2. The zero-order chi connectivity index (χ0) is 18.7. The van der Waals surface area contributed by atoms with Crippen LogP contribution >= 0.6 is 0 Å². The first-order valence-electron chi connectivity index (χ1n) is 8.54. The van der Waals surface area contributed by atoms with Crippen LogP contribution in [0.3, 0.4) is 0 Å². The second-order valence-electron chi connectivity index (χ2n) is 6.48. The number of nitrogens with zero attached hydrogens (tertiary/aromatic N) is 1. The Balaban J connectivity index is 1.73. The lowest BCUT2D eigenvalue weighted by Gasteiger charge is -2.23. The maximum Gasteiger partial charge on any atom is 0.416 e. The van der Waals surface area contributed by atoms with E-state index in [0.29, 0.717) is 11.4 Å². The molecule has 0 aliphatic carbocycles. The number of ether oxygens (including phenoxy) is 1. The summed E-state index contributed by atoms with van der Waals surface area (Å²) < 4.78 is 5.32. The summed E-state index contributed by atoms with van der Waals surface area (Å²) in [4.78, 5) is 26.5. The Kier molecular flexibility index (Phi) is 5.23. The molecule has 0 spiro atoms. The Labute approximate surface area is 152 Å². The average Bonchev–Trinajstić information content (AvgIpc) is 3.02. The minimum atomic E-state index is -0.777. The van der Waals surface area contributed by atoms with Gasteiger partial charge >= 0.3 is 6.09 Å². The molecule has 1 aliphatic heterocycles. The summed E-state index contributed by atoms with van der Waals surface area (Å²) in [6.07, 6.45) is -1.22. The van der Waals surface area contributed by atoms with Crippen molar-refractivity contribution in [2.24, 2.45) is 0 Å². The Morgan fingerprint density at radius 2 is 1.85 bits per heavy atom. The van der Waals surface area contributed by atoms with Gasteiger partial charge in [-0.05, 0) is 43.2 Å². The van der Waals surface area contributed by atoms with Gasteiger partial charge in [0.1, 0.15) is 11.8 Å². The molecule has 0 radical (unpaired) electrons. The largest absolute Gasteiger partial charge is 0.416 e. The topological polar surface area (TPSA) is 78.9 Å². The van der Waals surface area contributed by atoms with Crippen molar-refractivity contribution >= 4 is 17.7 Å². The Morgan fingerprint density at radius 3 is 2.58 bits per heavy atom. The summed E-state index contributed by atoms with van der Waals surface area (Å²) >= 11 is 0. The van der Waals surface area contributed by atoms with E-state index in [4.69, 9.17) is 4.74 Å². The number of para-hydroxylation sites is 1. The number of rotatable bonds is 3. The van der Waals surface area contributed by atoms with Crippen LogP contribution in [0.25, 0.3) is 0 Å². The summed E-state index contributed by atoms with van der Waals surface area (Å²) in [7, 11) is 0. The number of likely N-dealkylation sites (tertiary alicyclic amines) is 1. The molecule has 2 N–H and O–H groups in total. The fraction of sp³-hybridized carbons (Fsp3) is 0.300. The van der Waals surface area contributed by atoms with Crippen LogP contribution < -0.4 is 10.1 Å². The van der Waals surface area contributed by atoms with Crippen LogP contribution in [0.4, 0.5) is 10.5 Å². The van der Waals surface area contributed by atoms with Gasteiger partial charge in [0.15, 0.2) is 0 Å². The van der Waals surface area contributed by atoms with E-state index in [2.05, 4.69) is 5.32 Å². The molecule has 3 rings (SSSR count). The van der Waals surface area contributed by atoms with Gasteiger partial charge in [-0.2, -0.15) is 0 Å². The quantitative estimate of drug-likeness (QED) is 0.888. The highest BCUT2D eigenvalue weighted by Gasteiger charge is 2.40. The number of aliphatic hydroxyl groups excluding tert-OH is 1. The van der Waals surface area contributed by atoms with Crippen LogP contribution in [0.5, 0.6) is 5.75 Å². The number of hydrogen-bond acceptors (Lipinski definition) is 4. The third-order valence-corrected chi connectivity index (χ3v) is 4.63. The zero-order valence-electron chi connectivity index (χ0n) is 14.8. The molecular formula is C20H22N2O4. The fourth-order valence-electron chi connectivity index (χ4n) is 3.01. The number of hydrogen-bond donors (Lipinski definition) is 2. The van der Waals surface area contributed by atoms with E-state index in [0.717, 1.165) is 11.1 Å². The smallest absolute Gasteiger partial charge is 0.410 e. The van der Waals surface area contributed by atoms with Crippen LogP contribution in [0, 0.1) is 13.8 Å². The number of aryl methyl sites for hydroxylation is 1. The molecule has 6 heteroatoms. The van der Waals surface area contributed by atoms with Crippen LogP contribution in [-0.2, 0) is 4.79 Å². The highest BCUT2D eigenvalue weighted by molar-refractivity contribution is 5.97. The molecule has 0 aromatic heterocycles. The number of carbonyl (C=O) groups excluding carboxylic acids is 2. The predicted octanol–water partition coefficient (Wildman–Crippen LogP) is 2.88. The Morgan fingerprint density at radius 1 is 1.12 bits per heavy atom. The number of amides is 2. The molecule has 0 bridgehead atoms. The third-order valence-electron chi connectivity index (χ3n) is 4.63. The summed E-state index contributed by atoms with van der Waals surface area (Å²) in [5.41, 5.74) is 2.74. The second-order valence-corrected chi connectivity index (χ2v) is 6.48. The van der Waals surface area contributed by atoms with E-state index >= 15 is 0 Å². The van der Waals surface area contributed by atoms with Crippen molar-refractivity contribution < 1.29 is 19.4 Å². The molecule has 2 unspecified atom stereocenters. The van der Waals surface area contributed by atoms with E-state index in [1.54, 1.807) is 24.3 Å². The van der Waals surface area contributed by atoms with Gasteiger partial charge in [-0.25, -0.2) is 4.79 Å². The van der Waals surface area contributed by atoms with Gasteiger partial charge in [-0.1, -0.05) is 30.3 Å². The first-order valence-corrected chi connectivity index (χ1v) is 8.54. The van der Waals surface area contributed by atoms with Crippen molar-refractivity contribution in [3.05, 3.63) is 59.7 Å². The van der Waals surface area contributed by atoms with Crippen molar-refractivity contribution in [2.75, 3.05) is 11.9 Å². The summed E-state index contributed by atoms with van der Waals surface area (Å²) in [5.74, 6) is 0.0628. The summed E-state index contributed by atoms with van der Waals surface area (Å²) in [5, 5.41) is 12.8. The normalized spacial score (nSPS) is 19.3. The number of anilines is 1. The van der Waals surface area contributed by atoms with Gasteiger partial charge in [0.25, 0.3) is 0 Å². The van der Waals surface area contributed by atoms with Crippen LogP contribution in [0.1, 0.15) is 17.5 Å². The van der Waals surface area contributed by atoms with Gasteiger partial charge in [0.05, 0.1) is 12.6 Å². The molecule has 2 aromatic carbocycles. The van der Waals surface area contributed by atoms with E-state index < -0.39 is 18.2 Å². The highest BCUT2D eigenvalue weighted by Crippen LogP contribution is 2.24. The minimum absolute atomic E-state index is 0.0660. The van der Waals surface area contributed by atoms with Crippen molar-refractivity contribution in [1.82, 2.24) is 4.90 Å². The molecule has 2 amide bonds. The average molecular weight is 354 g/mol. The van der Waals surface area contributed by atoms with Gasteiger partial charge < -0.3 is 15.2 Å². The standard InChI is InChI=1S/C20H22N2O4/c1-13-7-6-10-17(14(13)2)21-19(24)18-11-15(23)12-22(18)20(25)26-16-8-4-3-5-9-16/h3-10,15,18,23H,11-12H2,1-2H3,(H,21,24). The molecule has 136 valence electrons. The van der Waals surface area contributed by atoms with Crippen molar-refractivity contribution in [2.45, 2.75) is 32.4 Å². The van der Waals surface area contributed by atoms with Gasteiger partial charge in [-0.15, -0.1) is 0 Å². The van der Waals surface area contributed by atoms with E-state index in [1.165, 1.54) is 4.90 Å². The molecule has 0 saturated carbocycles. The number of benzene rings is 2. The number of nitrogens with one attached hydrogen (secondary N) is 1. The van der Waals surface area contributed by atoms with Crippen molar-refractivity contribution in [1.29, 1.82) is 0 Å². The van der Waals surface area contributed by atoms with E-state index in [1.807, 2.05) is 38.1 Å². The van der Waals surface area contributed by atoms with Crippen molar-refractivity contribution in [3.8, 4) is 5.75 Å². The molecule has 2 atom stereocenters. The van der Waals surface area contributed by atoms with Crippen LogP contribution in [0.15, 0.2) is 48.5 Å². The van der Waals surface area contributed by atoms with Crippen molar-refractivity contribution in [3.63, 3.8) is 0 Å². The lowest BCUT2D eigenvalue weighted by atomic mass is 10.1. The molecule has 2 aromatic rings. The molecule has 1 saturated heterocycles. The molecule has 1 fully saturated rings. The molecule has 26 heavy (non-hydrogen) atoms. The van der Waals surface area contributed by atoms with Crippen LogP contribution in [-0.4, -0.2) is 40.7 Å². The fourth-order valence-corrected chi connectivity index (χ4v) is 3.01. The van der Waals surface area contributed by atoms with E-state index in [-0.39, 0.29) is 18.9 Å². The predicted molar refractivity (Wildman–Crippen MR) is 98.1 cm³/mol. The maximum absolute atomic E-state index is 12.7. The van der Waals surface area contributed by atoms with Gasteiger partial charge in [0, 0.05) is 12.1 Å². The first-order chi connectivity index (χ1) is 12.5. The maximum atomic E-state index is 12.7. The highest BCUT2D eigenvalue weighted by atomic mass is 16.6.